The second-order valence-electron chi connectivity index (χ2n) is 6.49. The van der Waals surface area contributed by atoms with E-state index in [1.54, 1.807) is 0 Å². The molecule has 140 valence electrons. The van der Waals surface area contributed by atoms with Crippen LogP contribution in [-0.2, 0) is 14.4 Å². The summed E-state index contributed by atoms with van der Waals surface area (Å²) in [5.41, 5.74) is 0. The summed E-state index contributed by atoms with van der Waals surface area (Å²) in [5, 5.41) is 11.5. The Balaban J connectivity index is 3.51. The molecule has 5 nitrogen and oxygen atoms in total. The summed E-state index contributed by atoms with van der Waals surface area (Å²) < 4.78 is 0. The van der Waals surface area contributed by atoms with Crippen LogP contribution in [0.5, 0.6) is 0 Å². The molecular weight excluding hydrogens is 306 g/mol. The minimum atomic E-state index is -1.08. The summed E-state index contributed by atoms with van der Waals surface area (Å²) in [6, 6.07) is -0.949. The van der Waals surface area contributed by atoms with E-state index < -0.39 is 12.0 Å². The summed E-state index contributed by atoms with van der Waals surface area (Å²) in [4.78, 5) is 33.0. The van der Waals surface area contributed by atoms with Crippen LogP contribution < -0.4 is 5.32 Å². The lowest BCUT2D eigenvalue weighted by molar-refractivity contribution is -0.142. The van der Waals surface area contributed by atoms with Gasteiger partial charge in [0.1, 0.15) is 12.3 Å². The normalized spacial score (nSPS) is 11.9. The molecule has 0 radical (unpaired) electrons. The van der Waals surface area contributed by atoms with E-state index in [2.05, 4.69) is 12.2 Å². The highest BCUT2D eigenvalue weighted by atomic mass is 16.4. The summed E-state index contributed by atoms with van der Waals surface area (Å²) in [5.74, 6) is -1.31. The number of carbonyl (C=O) groups excluding carboxylic acids is 2. The number of nitrogens with one attached hydrogen (secondary N) is 1. The average Bonchev–Trinajstić information content (AvgIpc) is 2.56. The molecule has 2 N–H and O–H groups in total. The van der Waals surface area contributed by atoms with Gasteiger partial charge in [-0.1, -0.05) is 71.1 Å². The van der Waals surface area contributed by atoms with Crippen LogP contribution in [0.4, 0.5) is 0 Å². The SMILES string of the molecule is CCCCCCCCCCCCCC(=O)N[C@@H](CCC=O)C(=O)O. The standard InChI is InChI=1S/C19H35NO4/c1-2-3-4-5-6-7-8-9-10-11-12-15-18(22)20-17(19(23)24)14-13-16-21/h16-17H,2-15H2,1H3,(H,20,22)(H,23,24)/t17-/m0/s1. The molecule has 0 aliphatic rings. The van der Waals surface area contributed by atoms with Crippen molar-refractivity contribution in [2.75, 3.05) is 0 Å². The fraction of sp³-hybridized carbons (Fsp3) is 0.842. The topological polar surface area (TPSA) is 83.5 Å². The first kappa shape index (κ1) is 22.6. The molecule has 0 fully saturated rings. The van der Waals surface area contributed by atoms with E-state index >= 15 is 0 Å². The highest BCUT2D eigenvalue weighted by Gasteiger charge is 2.18. The van der Waals surface area contributed by atoms with Gasteiger partial charge in [-0.25, -0.2) is 4.79 Å². The van der Waals surface area contributed by atoms with Crippen LogP contribution in [0, 0.1) is 0 Å². The minimum absolute atomic E-state index is 0.149. The van der Waals surface area contributed by atoms with Crippen molar-refractivity contribution in [3.8, 4) is 0 Å². The fourth-order valence-electron chi connectivity index (χ4n) is 2.71. The molecule has 1 amide bonds. The number of carboxylic acid groups (broad SMARTS) is 1. The molecule has 1 atom stereocenters. The Hall–Kier alpha value is -1.39. The van der Waals surface area contributed by atoms with Crippen molar-refractivity contribution in [2.24, 2.45) is 0 Å². The van der Waals surface area contributed by atoms with Crippen molar-refractivity contribution in [3.63, 3.8) is 0 Å². The Labute approximate surface area is 146 Å². The molecule has 0 rings (SSSR count). The summed E-state index contributed by atoms with van der Waals surface area (Å²) in [6.45, 7) is 2.23. The molecule has 0 heterocycles. The van der Waals surface area contributed by atoms with E-state index in [9.17, 15) is 14.4 Å². The predicted octanol–water partition coefficient (Wildman–Crippen LogP) is 4.24. The number of rotatable bonds is 17. The molecule has 0 bridgehead atoms. The number of hydrogen-bond donors (Lipinski definition) is 2. The Morgan fingerprint density at radius 1 is 0.917 bits per heavy atom. The minimum Gasteiger partial charge on any atom is -0.480 e. The van der Waals surface area contributed by atoms with E-state index in [1.807, 2.05) is 0 Å². The molecule has 0 aliphatic carbocycles. The first-order valence-corrected chi connectivity index (χ1v) is 9.57. The Morgan fingerprint density at radius 2 is 1.42 bits per heavy atom. The maximum atomic E-state index is 11.7. The largest absolute Gasteiger partial charge is 0.480 e. The lowest BCUT2D eigenvalue weighted by atomic mass is 10.1. The molecule has 24 heavy (non-hydrogen) atoms. The van der Waals surface area contributed by atoms with E-state index in [0.717, 1.165) is 19.3 Å². The van der Waals surface area contributed by atoms with Gasteiger partial charge in [-0.05, 0) is 12.8 Å². The predicted molar refractivity (Wildman–Crippen MR) is 95.9 cm³/mol. The molecule has 0 unspecified atom stereocenters. The molecule has 5 heteroatoms. The highest BCUT2D eigenvalue weighted by molar-refractivity contribution is 5.83. The van der Waals surface area contributed by atoms with Crippen LogP contribution in [0.3, 0.4) is 0 Å². The van der Waals surface area contributed by atoms with Crippen LogP contribution in [0.1, 0.15) is 96.8 Å². The van der Waals surface area contributed by atoms with Gasteiger partial charge in [0.25, 0.3) is 0 Å². The zero-order valence-electron chi connectivity index (χ0n) is 15.2. The number of hydrogen-bond acceptors (Lipinski definition) is 3. The molecule has 0 aromatic carbocycles. The first-order valence-electron chi connectivity index (χ1n) is 9.57. The van der Waals surface area contributed by atoms with Gasteiger partial charge in [0.2, 0.25) is 5.91 Å². The summed E-state index contributed by atoms with van der Waals surface area (Å²) >= 11 is 0. The van der Waals surface area contributed by atoms with Crippen LogP contribution in [-0.4, -0.2) is 29.3 Å². The number of carboxylic acids is 1. The smallest absolute Gasteiger partial charge is 0.326 e. The highest BCUT2D eigenvalue weighted by Crippen LogP contribution is 2.12. The third-order valence-electron chi connectivity index (χ3n) is 4.21. The van der Waals surface area contributed by atoms with Gasteiger partial charge in [-0.3, -0.25) is 4.79 Å². The summed E-state index contributed by atoms with van der Waals surface area (Å²) in [6.07, 6.45) is 14.7. The van der Waals surface area contributed by atoms with Crippen LogP contribution >= 0.6 is 0 Å². The van der Waals surface area contributed by atoms with E-state index in [1.165, 1.54) is 51.4 Å². The molecule has 0 saturated carbocycles. The average molecular weight is 341 g/mol. The second kappa shape index (κ2) is 16.5. The lowest BCUT2D eigenvalue weighted by Crippen LogP contribution is -2.40. The van der Waals surface area contributed by atoms with Gasteiger partial charge in [-0.15, -0.1) is 0 Å². The van der Waals surface area contributed by atoms with E-state index in [0.29, 0.717) is 12.7 Å². The van der Waals surface area contributed by atoms with Gasteiger partial charge in [0.15, 0.2) is 0 Å². The van der Waals surface area contributed by atoms with Crippen molar-refractivity contribution in [1.29, 1.82) is 0 Å². The van der Waals surface area contributed by atoms with Gasteiger partial charge < -0.3 is 15.2 Å². The maximum absolute atomic E-state index is 11.7. The quantitative estimate of drug-likeness (QED) is 0.306. The number of amides is 1. The van der Waals surface area contributed by atoms with Gasteiger partial charge in [0, 0.05) is 12.8 Å². The Bertz CT molecular complexity index is 344. The molecule has 0 spiro atoms. The fourth-order valence-corrected chi connectivity index (χ4v) is 2.71. The molecule has 0 aromatic heterocycles. The zero-order valence-corrected chi connectivity index (χ0v) is 15.2. The number of unbranched alkanes of at least 4 members (excludes halogenated alkanes) is 10. The van der Waals surface area contributed by atoms with Crippen molar-refractivity contribution >= 4 is 18.2 Å². The van der Waals surface area contributed by atoms with Gasteiger partial charge in [0.05, 0.1) is 0 Å². The molecule has 0 aliphatic heterocycles. The third-order valence-corrected chi connectivity index (χ3v) is 4.21. The number of aldehydes is 1. The molecule has 0 saturated heterocycles. The molecular formula is C19H35NO4. The molecule has 0 aromatic rings. The number of carbonyl (C=O) groups is 3. The van der Waals surface area contributed by atoms with Crippen LogP contribution in [0.15, 0.2) is 0 Å². The van der Waals surface area contributed by atoms with E-state index in [4.69, 9.17) is 5.11 Å². The monoisotopic (exact) mass is 341 g/mol. The third kappa shape index (κ3) is 14.2. The van der Waals surface area contributed by atoms with Crippen LogP contribution in [0.2, 0.25) is 0 Å². The Kier molecular flexibility index (Phi) is 15.5. The van der Waals surface area contributed by atoms with Crippen molar-refractivity contribution < 1.29 is 19.5 Å². The van der Waals surface area contributed by atoms with Gasteiger partial charge >= 0.3 is 5.97 Å². The van der Waals surface area contributed by atoms with Gasteiger partial charge in [-0.2, -0.15) is 0 Å². The van der Waals surface area contributed by atoms with Crippen molar-refractivity contribution in [3.05, 3.63) is 0 Å². The summed E-state index contributed by atoms with van der Waals surface area (Å²) in [7, 11) is 0. The van der Waals surface area contributed by atoms with Crippen molar-refractivity contribution in [2.45, 2.75) is 103 Å². The zero-order chi connectivity index (χ0) is 18.0. The Morgan fingerprint density at radius 3 is 1.88 bits per heavy atom. The maximum Gasteiger partial charge on any atom is 0.326 e. The number of aliphatic carboxylic acids is 1. The van der Waals surface area contributed by atoms with Crippen molar-refractivity contribution in [1.82, 2.24) is 5.32 Å². The lowest BCUT2D eigenvalue weighted by Gasteiger charge is -2.13. The first-order chi connectivity index (χ1) is 11.6. The second-order valence-corrected chi connectivity index (χ2v) is 6.49. The van der Waals surface area contributed by atoms with E-state index in [-0.39, 0.29) is 18.7 Å². The van der Waals surface area contributed by atoms with Crippen LogP contribution in [0.25, 0.3) is 0 Å².